The van der Waals surface area contributed by atoms with Gasteiger partial charge in [-0.15, -0.1) is 0 Å². The molecule has 1 atom stereocenters. The first-order valence-corrected chi connectivity index (χ1v) is 9.12. The third kappa shape index (κ3) is 4.63. The van der Waals surface area contributed by atoms with Crippen molar-refractivity contribution in [1.29, 1.82) is 0 Å². The molecule has 0 spiro atoms. The zero-order valence-electron chi connectivity index (χ0n) is 15.7. The van der Waals surface area contributed by atoms with Crippen molar-refractivity contribution in [1.82, 2.24) is 5.32 Å². The van der Waals surface area contributed by atoms with Gasteiger partial charge in [-0.05, 0) is 22.3 Å². The first kappa shape index (κ1) is 20.1. The Morgan fingerprint density at radius 1 is 1.03 bits per heavy atom. The highest BCUT2D eigenvalue weighted by atomic mass is 16.5. The third-order valence-corrected chi connectivity index (χ3v) is 4.67. The van der Waals surface area contributed by atoms with Crippen molar-refractivity contribution >= 4 is 18.0 Å². The molecule has 29 heavy (non-hydrogen) atoms. The largest absolute Gasteiger partial charge is 0.480 e. The van der Waals surface area contributed by atoms with Gasteiger partial charge in [0.1, 0.15) is 19.3 Å². The van der Waals surface area contributed by atoms with E-state index in [0.29, 0.717) is 0 Å². The van der Waals surface area contributed by atoms with E-state index in [4.69, 9.17) is 4.74 Å². The molecule has 1 aliphatic rings. The van der Waals surface area contributed by atoms with Gasteiger partial charge in [-0.1, -0.05) is 61.2 Å². The molecule has 150 valence electrons. The SMILES string of the molecule is C=CCOC(=O)N[C@@H](CC(=O)OCC1c2ccccc2-c2ccccc21)C(=O)O. The molecule has 0 heterocycles. The first-order valence-electron chi connectivity index (χ1n) is 9.12. The Morgan fingerprint density at radius 3 is 2.17 bits per heavy atom. The highest BCUT2D eigenvalue weighted by Gasteiger charge is 2.30. The maximum atomic E-state index is 12.2. The molecule has 1 aliphatic carbocycles. The van der Waals surface area contributed by atoms with Gasteiger partial charge in [0, 0.05) is 5.92 Å². The van der Waals surface area contributed by atoms with Gasteiger partial charge in [-0.2, -0.15) is 0 Å². The van der Waals surface area contributed by atoms with E-state index in [0.717, 1.165) is 22.3 Å². The van der Waals surface area contributed by atoms with E-state index >= 15 is 0 Å². The molecular weight excluding hydrogens is 374 g/mol. The van der Waals surface area contributed by atoms with Crippen molar-refractivity contribution in [3.05, 3.63) is 72.3 Å². The van der Waals surface area contributed by atoms with E-state index in [9.17, 15) is 19.5 Å². The van der Waals surface area contributed by atoms with E-state index < -0.39 is 30.5 Å². The number of amides is 1. The smallest absolute Gasteiger partial charge is 0.408 e. The topological polar surface area (TPSA) is 102 Å². The van der Waals surface area contributed by atoms with E-state index in [-0.39, 0.29) is 19.1 Å². The van der Waals surface area contributed by atoms with Gasteiger partial charge in [0.15, 0.2) is 0 Å². The molecule has 0 aromatic heterocycles. The number of hydrogen-bond acceptors (Lipinski definition) is 5. The number of hydrogen-bond donors (Lipinski definition) is 2. The summed E-state index contributed by atoms with van der Waals surface area (Å²) in [6.45, 7) is 3.41. The lowest BCUT2D eigenvalue weighted by Gasteiger charge is -2.16. The fourth-order valence-corrected chi connectivity index (χ4v) is 3.36. The summed E-state index contributed by atoms with van der Waals surface area (Å²) in [5.41, 5.74) is 4.31. The third-order valence-electron chi connectivity index (χ3n) is 4.67. The number of carbonyl (C=O) groups excluding carboxylic acids is 2. The first-order chi connectivity index (χ1) is 14.0. The molecule has 7 nitrogen and oxygen atoms in total. The highest BCUT2D eigenvalue weighted by molar-refractivity contribution is 5.85. The standard InChI is InChI=1S/C22H21NO6/c1-2-11-28-22(27)23-19(21(25)26)12-20(24)29-13-18-16-9-5-3-7-14(16)15-8-4-6-10-17(15)18/h2-10,18-19H,1,11-13H2,(H,23,27)(H,25,26)/t19-/m0/s1. The van der Waals surface area contributed by atoms with Crippen LogP contribution in [-0.2, 0) is 19.1 Å². The van der Waals surface area contributed by atoms with Gasteiger partial charge in [-0.25, -0.2) is 9.59 Å². The minimum atomic E-state index is -1.44. The number of alkyl carbamates (subject to hydrolysis) is 1. The fourth-order valence-electron chi connectivity index (χ4n) is 3.36. The lowest BCUT2D eigenvalue weighted by Crippen LogP contribution is -2.42. The summed E-state index contributed by atoms with van der Waals surface area (Å²) in [6, 6.07) is 14.4. The van der Waals surface area contributed by atoms with Crippen LogP contribution in [0.2, 0.25) is 0 Å². The molecule has 2 N–H and O–H groups in total. The van der Waals surface area contributed by atoms with E-state index in [1.165, 1.54) is 6.08 Å². The Morgan fingerprint density at radius 2 is 1.62 bits per heavy atom. The van der Waals surface area contributed by atoms with Crippen LogP contribution in [0.15, 0.2) is 61.2 Å². The van der Waals surface area contributed by atoms with Crippen LogP contribution in [0.5, 0.6) is 0 Å². The van der Waals surface area contributed by atoms with Crippen LogP contribution in [0.3, 0.4) is 0 Å². The molecule has 2 aromatic rings. The Balaban J connectivity index is 1.63. The Bertz CT molecular complexity index is 893. The maximum Gasteiger partial charge on any atom is 0.408 e. The normalized spacial score (nSPS) is 13.0. The molecule has 0 bridgehead atoms. The second kappa shape index (κ2) is 9.05. The van der Waals surface area contributed by atoms with E-state index in [1.54, 1.807) is 0 Å². The minimum absolute atomic E-state index is 0.0664. The molecule has 0 saturated carbocycles. The van der Waals surface area contributed by atoms with Crippen molar-refractivity contribution in [2.24, 2.45) is 0 Å². The lowest BCUT2D eigenvalue weighted by molar-refractivity contribution is -0.149. The second-order valence-corrected chi connectivity index (χ2v) is 6.54. The van der Waals surface area contributed by atoms with Crippen LogP contribution in [0.4, 0.5) is 4.79 Å². The molecule has 1 amide bonds. The average Bonchev–Trinajstić information content (AvgIpc) is 3.04. The molecule has 0 unspecified atom stereocenters. The molecule has 2 aromatic carbocycles. The molecule has 0 saturated heterocycles. The van der Waals surface area contributed by atoms with Crippen LogP contribution < -0.4 is 5.32 Å². The number of esters is 1. The maximum absolute atomic E-state index is 12.2. The predicted molar refractivity (Wildman–Crippen MR) is 105 cm³/mol. The van der Waals surface area contributed by atoms with Gasteiger partial charge in [0.2, 0.25) is 0 Å². The number of carbonyl (C=O) groups is 3. The van der Waals surface area contributed by atoms with Crippen LogP contribution in [-0.4, -0.2) is 42.4 Å². The molecule has 0 fully saturated rings. The fraction of sp³-hybridized carbons (Fsp3) is 0.227. The van der Waals surface area contributed by atoms with Gasteiger partial charge in [0.05, 0.1) is 6.42 Å². The zero-order chi connectivity index (χ0) is 20.8. The molecule has 7 heteroatoms. The monoisotopic (exact) mass is 395 g/mol. The van der Waals surface area contributed by atoms with Crippen molar-refractivity contribution in [3.8, 4) is 11.1 Å². The van der Waals surface area contributed by atoms with E-state index in [2.05, 4.69) is 16.6 Å². The van der Waals surface area contributed by atoms with E-state index in [1.807, 2.05) is 48.5 Å². The summed E-state index contributed by atoms with van der Waals surface area (Å²) in [4.78, 5) is 35.1. The Hall–Kier alpha value is -3.61. The Labute approximate surface area is 167 Å². The summed E-state index contributed by atoms with van der Waals surface area (Å²) >= 11 is 0. The number of aliphatic carboxylic acids is 1. The quantitative estimate of drug-likeness (QED) is 0.526. The van der Waals surface area contributed by atoms with Crippen LogP contribution in [0.1, 0.15) is 23.5 Å². The minimum Gasteiger partial charge on any atom is -0.480 e. The van der Waals surface area contributed by atoms with Crippen LogP contribution >= 0.6 is 0 Å². The molecule has 3 rings (SSSR count). The number of carboxylic acids is 1. The van der Waals surface area contributed by atoms with Crippen molar-refractivity contribution in [2.45, 2.75) is 18.4 Å². The zero-order valence-corrected chi connectivity index (χ0v) is 15.7. The number of benzene rings is 2. The summed E-state index contributed by atoms with van der Waals surface area (Å²) in [7, 11) is 0. The second-order valence-electron chi connectivity index (χ2n) is 6.54. The molecule has 0 aliphatic heterocycles. The lowest BCUT2D eigenvalue weighted by atomic mass is 9.98. The number of carboxylic acid groups (broad SMARTS) is 1. The summed E-state index contributed by atoms with van der Waals surface area (Å²) in [5, 5.41) is 11.4. The molecular formula is C22H21NO6. The number of fused-ring (bicyclic) bond motifs is 3. The van der Waals surface area contributed by atoms with Gasteiger partial charge >= 0.3 is 18.0 Å². The van der Waals surface area contributed by atoms with Gasteiger partial charge in [-0.3, -0.25) is 4.79 Å². The van der Waals surface area contributed by atoms with Crippen LogP contribution in [0.25, 0.3) is 11.1 Å². The van der Waals surface area contributed by atoms with Crippen LogP contribution in [0, 0.1) is 0 Å². The summed E-state index contributed by atoms with van der Waals surface area (Å²) in [5.74, 6) is -2.20. The van der Waals surface area contributed by atoms with Gasteiger partial charge < -0.3 is 19.9 Å². The van der Waals surface area contributed by atoms with Gasteiger partial charge in [0.25, 0.3) is 0 Å². The summed E-state index contributed by atoms with van der Waals surface area (Å²) < 4.78 is 10.1. The number of nitrogens with one attached hydrogen (secondary N) is 1. The van der Waals surface area contributed by atoms with Crippen molar-refractivity contribution in [3.63, 3.8) is 0 Å². The molecule has 0 radical (unpaired) electrons. The number of ether oxygens (including phenoxy) is 2. The summed E-state index contributed by atoms with van der Waals surface area (Å²) in [6.07, 6.45) is -0.0983. The Kier molecular flexibility index (Phi) is 6.29. The van der Waals surface area contributed by atoms with Crippen molar-refractivity contribution in [2.75, 3.05) is 13.2 Å². The number of rotatable bonds is 8. The average molecular weight is 395 g/mol. The predicted octanol–water partition coefficient (Wildman–Crippen LogP) is 3.10. The highest BCUT2D eigenvalue weighted by Crippen LogP contribution is 2.44. The van der Waals surface area contributed by atoms with Crippen molar-refractivity contribution < 1.29 is 29.0 Å².